The SMILES string of the molecule is CNC(=O)c1cnc(-c2ccc(OCC(C)C)cc2)nc1N. The van der Waals surface area contributed by atoms with E-state index in [0.717, 1.165) is 11.3 Å². The molecule has 1 heterocycles. The minimum Gasteiger partial charge on any atom is -0.493 e. The van der Waals surface area contributed by atoms with Crippen molar-refractivity contribution in [1.29, 1.82) is 0 Å². The molecule has 22 heavy (non-hydrogen) atoms. The van der Waals surface area contributed by atoms with Crippen LogP contribution in [0.25, 0.3) is 11.4 Å². The molecule has 6 heteroatoms. The number of amides is 1. The summed E-state index contributed by atoms with van der Waals surface area (Å²) in [6, 6.07) is 7.46. The Kier molecular flexibility index (Phi) is 4.93. The third kappa shape index (κ3) is 3.72. The number of ether oxygens (including phenoxy) is 1. The van der Waals surface area contributed by atoms with Gasteiger partial charge >= 0.3 is 0 Å². The zero-order valence-electron chi connectivity index (χ0n) is 13.0. The number of nitrogens with two attached hydrogens (primary N) is 1. The summed E-state index contributed by atoms with van der Waals surface area (Å²) in [6.45, 7) is 4.86. The molecule has 0 aliphatic carbocycles. The van der Waals surface area contributed by atoms with E-state index in [1.165, 1.54) is 13.2 Å². The standard InChI is InChI=1S/C16H20N4O2/c1-10(2)9-22-12-6-4-11(5-7-12)15-19-8-13(14(17)20-15)16(21)18-3/h4-8,10H,9H2,1-3H3,(H,18,21)(H2,17,19,20). The van der Waals surface area contributed by atoms with E-state index in [1.807, 2.05) is 24.3 Å². The molecule has 0 spiro atoms. The topological polar surface area (TPSA) is 90.1 Å². The molecule has 0 aliphatic heterocycles. The summed E-state index contributed by atoms with van der Waals surface area (Å²) in [7, 11) is 1.53. The Bertz CT molecular complexity index is 654. The van der Waals surface area contributed by atoms with Gasteiger partial charge in [0.15, 0.2) is 5.82 Å². The van der Waals surface area contributed by atoms with Crippen molar-refractivity contribution < 1.29 is 9.53 Å². The van der Waals surface area contributed by atoms with Gasteiger partial charge in [-0.25, -0.2) is 9.97 Å². The molecule has 0 radical (unpaired) electrons. The molecule has 0 saturated heterocycles. The number of nitrogens with zero attached hydrogens (tertiary/aromatic N) is 2. The number of hydrogen-bond acceptors (Lipinski definition) is 5. The number of aromatic nitrogens is 2. The van der Waals surface area contributed by atoms with Gasteiger partial charge in [0.2, 0.25) is 0 Å². The van der Waals surface area contributed by atoms with E-state index in [-0.39, 0.29) is 17.3 Å². The van der Waals surface area contributed by atoms with Gasteiger partial charge in [-0.15, -0.1) is 0 Å². The molecule has 116 valence electrons. The molecule has 2 rings (SSSR count). The van der Waals surface area contributed by atoms with Crippen LogP contribution in [0.5, 0.6) is 5.75 Å². The first-order valence-electron chi connectivity index (χ1n) is 7.09. The van der Waals surface area contributed by atoms with Crippen LogP contribution in [0.2, 0.25) is 0 Å². The van der Waals surface area contributed by atoms with Crippen molar-refractivity contribution in [3.05, 3.63) is 36.0 Å². The van der Waals surface area contributed by atoms with E-state index in [2.05, 4.69) is 29.1 Å². The summed E-state index contributed by atoms with van der Waals surface area (Å²) in [5, 5.41) is 2.50. The number of rotatable bonds is 5. The van der Waals surface area contributed by atoms with E-state index in [1.54, 1.807) is 0 Å². The molecular formula is C16H20N4O2. The van der Waals surface area contributed by atoms with Crippen LogP contribution in [0, 0.1) is 5.92 Å². The van der Waals surface area contributed by atoms with Crippen LogP contribution < -0.4 is 15.8 Å². The molecule has 0 bridgehead atoms. The van der Waals surface area contributed by atoms with Crippen molar-refractivity contribution in [2.75, 3.05) is 19.4 Å². The predicted molar refractivity (Wildman–Crippen MR) is 85.6 cm³/mol. The summed E-state index contributed by atoms with van der Waals surface area (Å²) in [5.74, 6) is 1.60. The smallest absolute Gasteiger partial charge is 0.256 e. The average molecular weight is 300 g/mol. The summed E-state index contributed by atoms with van der Waals surface area (Å²) in [5.41, 5.74) is 6.89. The third-order valence-electron chi connectivity index (χ3n) is 2.99. The van der Waals surface area contributed by atoms with E-state index in [9.17, 15) is 4.79 Å². The van der Waals surface area contributed by atoms with Crippen molar-refractivity contribution in [1.82, 2.24) is 15.3 Å². The number of nitrogens with one attached hydrogen (secondary N) is 1. The second kappa shape index (κ2) is 6.89. The number of nitrogen functional groups attached to an aromatic ring is 1. The minimum absolute atomic E-state index is 0.157. The fourth-order valence-electron chi connectivity index (χ4n) is 1.81. The van der Waals surface area contributed by atoms with Crippen molar-refractivity contribution in [2.24, 2.45) is 5.92 Å². The normalized spacial score (nSPS) is 10.5. The second-order valence-corrected chi connectivity index (χ2v) is 5.30. The van der Waals surface area contributed by atoms with Gasteiger partial charge in [0.1, 0.15) is 11.6 Å². The molecule has 0 aliphatic rings. The molecule has 0 atom stereocenters. The van der Waals surface area contributed by atoms with Gasteiger partial charge in [0, 0.05) is 18.8 Å². The molecule has 0 fully saturated rings. The number of benzene rings is 1. The predicted octanol–water partition coefficient (Wildman–Crippen LogP) is 2.12. The van der Waals surface area contributed by atoms with Crippen LogP contribution in [-0.4, -0.2) is 29.5 Å². The highest BCUT2D eigenvalue weighted by Crippen LogP contribution is 2.21. The van der Waals surface area contributed by atoms with Gasteiger partial charge in [-0.3, -0.25) is 4.79 Å². The summed E-state index contributed by atoms with van der Waals surface area (Å²) >= 11 is 0. The van der Waals surface area contributed by atoms with Gasteiger partial charge in [-0.2, -0.15) is 0 Å². The lowest BCUT2D eigenvalue weighted by atomic mass is 10.2. The number of carbonyl (C=O) groups is 1. The molecule has 1 aromatic heterocycles. The van der Waals surface area contributed by atoms with Crippen LogP contribution >= 0.6 is 0 Å². The first kappa shape index (κ1) is 15.8. The monoisotopic (exact) mass is 300 g/mol. The van der Waals surface area contributed by atoms with Crippen LogP contribution in [-0.2, 0) is 0 Å². The van der Waals surface area contributed by atoms with Gasteiger partial charge in [-0.1, -0.05) is 13.8 Å². The highest BCUT2D eigenvalue weighted by molar-refractivity contribution is 5.98. The Labute approximate surface area is 129 Å². The van der Waals surface area contributed by atoms with Crippen LogP contribution in [0.1, 0.15) is 24.2 Å². The Morgan fingerprint density at radius 3 is 2.55 bits per heavy atom. The maximum absolute atomic E-state index is 11.6. The first-order chi connectivity index (χ1) is 10.5. The largest absolute Gasteiger partial charge is 0.493 e. The number of hydrogen-bond donors (Lipinski definition) is 2. The Morgan fingerprint density at radius 1 is 1.32 bits per heavy atom. The molecular weight excluding hydrogens is 280 g/mol. The molecule has 0 unspecified atom stereocenters. The highest BCUT2D eigenvalue weighted by Gasteiger charge is 2.12. The zero-order valence-corrected chi connectivity index (χ0v) is 13.0. The van der Waals surface area contributed by atoms with Crippen LogP contribution in [0.15, 0.2) is 30.5 Å². The lowest BCUT2D eigenvalue weighted by Crippen LogP contribution is -2.20. The Hall–Kier alpha value is -2.63. The van der Waals surface area contributed by atoms with Crippen LogP contribution in [0.4, 0.5) is 5.82 Å². The van der Waals surface area contributed by atoms with Gasteiger partial charge in [0.05, 0.1) is 12.2 Å². The lowest BCUT2D eigenvalue weighted by Gasteiger charge is -2.09. The van der Waals surface area contributed by atoms with E-state index < -0.39 is 0 Å². The molecule has 3 N–H and O–H groups in total. The molecule has 0 saturated carbocycles. The van der Waals surface area contributed by atoms with E-state index in [0.29, 0.717) is 18.3 Å². The summed E-state index contributed by atoms with van der Waals surface area (Å²) < 4.78 is 5.63. The third-order valence-corrected chi connectivity index (χ3v) is 2.99. The quantitative estimate of drug-likeness (QED) is 0.882. The molecule has 1 amide bonds. The highest BCUT2D eigenvalue weighted by atomic mass is 16.5. The zero-order chi connectivity index (χ0) is 16.1. The maximum Gasteiger partial charge on any atom is 0.256 e. The van der Waals surface area contributed by atoms with Gasteiger partial charge < -0.3 is 15.8 Å². The first-order valence-corrected chi connectivity index (χ1v) is 7.09. The van der Waals surface area contributed by atoms with E-state index >= 15 is 0 Å². The molecule has 6 nitrogen and oxygen atoms in total. The molecule has 2 aromatic rings. The second-order valence-electron chi connectivity index (χ2n) is 5.30. The molecule has 1 aromatic carbocycles. The van der Waals surface area contributed by atoms with Crippen molar-refractivity contribution in [2.45, 2.75) is 13.8 Å². The summed E-state index contributed by atoms with van der Waals surface area (Å²) in [6.07, 6.45) is 1.43. The average Bonchev–Trinajstić information content (AvgIpc) is 2.52. The van der Waals surface area contributed by atoms with Crippen molar-refractivity contribution in [3.63, 3.8) is 0 Å². The Balaban J connectivity index is 2.18. The van der Waals surface area contributed by atoms with Crippen molar-refractivity contribution in [3.8, 4) is 17.1 Å². The van der Waals surface area contributed by atoms with Crippen LogP contribution in [0.3, 0.4) is 0 Å². The summed E-state index contributed by atoms with van der Waals surface area (Å²) in [4.78, 5) is 19.9. The number of anilines is 1. The van der Waals surface area contributed by atoms with Gasteiger partial charge in [0.25, 0.3) is 5.91 Å². The fourth-order valence-corrected chi connectivity index (χ4v) is 1.81. The van der Waals surface area contributed by atoms with E-state index in [4.69, 9.17) is 10.5 Å². The minimum atomic E-state index is -0.304. The fraction of sp³-hybridized carbons (Fsp3) is 0.312. The maximum atomic E-state index is 11.6. The lowest BCUT2D eigenvalue weighted by molar-refractivity contribution is 0.0963. The van der Waals surface area contributed by atoms with Crippen molar-refractivity contribution >= 4 is 11.7 Å². The Morgan fingerprint density at radius 2 is 2.00 bits per heavy atom. The van der Waals surface area contributed by atoms with Gasteiger partial charge in [-0.05, 0) is 30.2 Å². The number of carbonyl (C=O) groups excluding carboxylic acids is 1.